The van der Waals surface area contributed by atoms with Crippen molar-refractivity contribution < 1.29 is 18.0 Å². The Bertz CT molecular complexity index is 1520. The number of hydrogen-bond acceptors (Lipinski definition) is 11. The summed E-state index contributed by atoms with van der Waals surface area (Å²) in [4.78, 5) is 24.2. The molecule has 0 aliphatic heterocycles. The first-order valence-electron chi connectivity index (χ1n) is 11.3. The number of nitrogens with two attached hydrogens (primary N) is 2. The molecule has 1 aliphatic carbocycles. The number of aromatic nitrogens is 6. The second-order valence-electron chi connectivity index (χ2n) is 8.38. The molecule has 2 aromatic carbocycles. The molecule has 1 fully saturated rings. The van der Waals surface area contributed by atoms with E-state index in [2.05, 4.69) is 35.9 Å². The van der Waals surface area contributed by atoms with Gasteiger partial charge in [-0.25, -0.2) is 18.5 Å². The van der Waals surface area contributed by atoms with Crippen LogP contribution in [0.3, 0.4) is 0 Å². The number of benzene rings is 2. The molecule has 0 amide bonds. The van der Waals surface area contributed by atoms with Gasteiger partial charge < -0.3 is 16.0 Å². The maximum atomic E-state index is 13.0. The number of rotatable bonds is 6. The Hall–Kier alpha value is -3.62. The lowest BCUT2D eigenvalue weighted by atomic mass is 9.95. The van der Waals surface area contributed by atoms with Gasteiger partial charge in [-0.3, -0.25) is 0 Å². The number of imidazole rings is 1. The van der Waals surface area contributed by atoms with E-state index in [0.29, 0.717) is 33.1 Å². The molecule has 1 saturated carbocycles. The van der Waals surface area contributed by atoms with E-state index in [0.717, 1.165) is 31.2 Å². The zero-order chi connectivity index (χ0) is 26.6. The zero-order valence-corrected chi connectivity index (χ0v) is 21.4. The molecule has 0 bridgehead atoms. The largest absolute Gasteiger partial charge is 0.373 e. The predicted molar refractivity (Wildman–Crippen MR) is 136 cm³/mol. The molecular formula is C22H25N9O4S2. The minimum absolute atomic E-state index is 0.00680. The molecule has 15 heteroatoms. The van der Waals surface area contributed by atoms with Crippen molar-refractivity contribution in [3.05, 3.63) is 30.3 Å². The van der Waals surface area contributed by atoms with Gasteiger partial charge in [-0.15, -0.1) is 22.0 Å². The molecule has 1 aliphatic rings. The number of carbonyl (C=O) groups excluding carboxylic acids is 2. The van der Waals surface area contributed by atoms with Crippen LogP contribution in [0.4, 0.5) is 5.95 Å². The van der Waals surface area contributed by atoms with E-state index in [1.807, 2.05) is 37.4 Å². The van der Waals surface area contributed by atoms with Gasteiger partial charge in [0.1, 0.15) is 4.90 Å². The van der Waals surface area contributed by atoms with Crippen molar-refractivity contribution in [1.82, 2.24) is 35.9 Å². The van der Waals surface area contributed by atoms with Crippen LogP contribution in [0.25, 0.3) is 33.5 Å². The standard InChI is InChI=1S/C21H25N9O2S2.CO2/c1-24-11-5-7-12(8-6-11)33-16-10-9-13(14-3-2-4-15-18(14)26-21(22)25-15)17(19(16)34(23,31)32)20-27-29-30-28-20;2-1-3/h2-4,9-12,24H,5-8H2,1H3,(H3,22,25,26)(H2,23,31,32)(H,27,28,29,30);. The molecule has 2 aromatic heterocycles. The summed E-state index contributed by atoms with van der Waals surface area (Å²) in [6.45, 7) is 0. The van der Waals surface area contributed by atoms with Crippen LogP contribution >= 0.6 is 11.8 Å². The smallest absolute Gasteiger partial charge is 0.369 e. The van der Waals surface area contributed by atoms with Crippen LogP contribution in [0.2, 0.25) is 0 Å². The van der Waals surface area contributed by atoms with E-state index >= 15 is 0 Å². The maximum Gasteiger partial charge on any atom is 0.373 e. The molecule has 5 rings (SSSR count). The van der Waals surface area contributed by atoms with E-state index in [1.54, 1.807) is 0 Å². The minimum atomic E-state index is -4.14. The number of nitrogens with one attached hydrogen (secondary N) is 3. The third kappa shape index (κ3) is 5.70. The number of hydrogen-bond donors (Lipinski definition) is 5. The van der Waals surface area contributed by atoms with E-state index in [1.165, 1.54) is 11.8 Å². The lowest BCUT2D eigenvalue weighted by Gasteiger charge is -2.28. The number of aromatic amines is 2. The Kier molecular flexibility index (Phi) is 8.00. The highest BCUT2D eigenvalue weighted by atomic mass is 32.2. The first-order valence-corrected chi connectivity index (χ1v) is 13.7. The molecule has 13 nitrogen and oxygen atoms in total. The number of nitrogen functional groups attached to an aromatic ring is 1. The molecule has 194 valence electrons. The Balaban J connectivity index is 0.00000102. The molecular weight excluding hydrogens is 518 g/mol. The van der Waals surface area contributed by atoms with Gasteiger partial charge in [-0.1, -0.05) is 18.2 Å². The van der Waals surface area contributed by atoms with Gasteiger partial charge in [0.2, 0.25) is 15.8 Å². The molecule has 0 unspecified atom stereocenters. The highest BCUT2D eigenvalue weighted by Gasteiger charge is 2.30. The van der Waals surface area contributed by atoms with Crippen molar-refractivity contribution >= 4 is 44.9 Å². The summed E-state index contributed by atoms with van der Waals surface area (Å²) in [5.41, 5.74) is 8.77. The van der Waals surface area contributed by atoms with Crippen molar-refractivity contribution in [3.63, 3.8) is 0 Å². The second kappa shape index (κ2) is 11.2. The van der Waals surface area contributed by atoms with Crippen molar-refractivity contribution in [1.29, 1.82) is 0 Å². The topological polar surface area (TPSA) is 215 Å². The Morgan fingerprint density at radius 3 is 2.46 bits per heavy atom. The summed E-state index contributed by atoms with van der Waals surface area (Å²) in [6, 6.07) is 9.70. The maximum absolute atomic E-state index is 13.0. The SMILES string of the molecule is CNC1CCC(Sc2ccc(-c3cccc4[nH]c(N)nc34)c(-c3nn[nH]n3)c2S(N)(=O)=O)CC1.O=C=O. The van der Waals surface area contributed by atoms with Crippen LogP contribution in [0.5, 0.6) is 0 Å². The predicted octanol–water partition coefficient (Wildman–Crippen LogP) is 1.68. The monoisotopic (exact) mass is 543 g/mol. The summed E-state index contributed by atoms with van der Waals surface area (Å²) in [5.74, 6) is 0.403. The van der Waals surface area contributed by atoms with Crippen LogP contribution in [-0.4, -0.2) is 63.5 Å². The van der Waals surface area contributed by atoms with Crippen molar-refractivity contribution in [2.45, 2.75) is 46.8 Å². The number of primary sulfonamides is 1. The van der Waals surface area contributed by atoms with Crippen LogP contribution < -0.4 is 16.2 Å². The number of sulfonamides is 1. The highest BCUT2D eigenvalue weighted by Crippen LogP contribution is 2.44. The number of anilines is 1. The minimum Gasteiger partial charge on any atom is -0.369 e. The number of fused-ring (bicyclic) bond motifs is 1. The first kappa shape index (κ1) is 26.4. The molecule has 7 N–H and O–H groups in total. The van der Waals surface area contributed by atoms with Crippen molar-refractivity contribution in [2.75, 3.05) is 12.8 Å². The van der Waals surface area contributed by atoms with Gasteiger partial charge >= 0.3 is 6.15 Å². The normalized spacial score (nSPS) is 17.7. The molecule has 0 spiro atoms. The summed E-state index contributed by atoms with van der Waals surface area (Å²) >= 11 is 1.54. The van der Waals surface area contributed by atoms with E-state index < -0.39 is 10.0 Å². The lowest BCUT2D eigenvalue weighted by Crippen LogP contribution is -2.31. The molecule has 37 heavy (non-hydrogen) atoms. The Labute approximate surface area is 216 Å². The van der Waals surface area contributed by atoms with Crippen molar-refractivity contribution in [2.24, 2.45) is 5.14 Å². The third-order valence-electron chi connectivity index (χ3n) is 6.17. The average Bonchev–Trinajstić information content (AvgIpc) is 3.53. The summed E-state index contributed by atoms with van der Waals surface area (Å²) in [5, 5.41) is 23.7. The quantitative estimate of drug-likeness (QED) is 0.236. The Morgan fingerprint density at radius 1 is 1.11 bits per heavy atom. The fourth-order valence-corrected chi connectivity index (χ4v) is 7.12. The average molecular weight is 544 g/mol. The summed E-state index contributed by atoms with van der Waals surface area (Å²) < 4.78 is 26.0. The third-order valence-corrected chi connectivity index (χ3v) is 8.69. The van der Waals surface area contributed by atoms with E-state index in [4.69, 9.17) is 20.5 Å². The molecule has 0 atom stereocenters. The second-order valence-corrected chi connectivity index (χ2v) is 11.2. The number of tetrazole rings is 1. The van der Waals surface area contributed by atoms with Crippen LogP contribution in [0.15, 0.2) is 40.1 Å². The van der Waals surface area contributed by atoms with Crippen LogP contribution in [0, 0.1) is 0 Å². The van der Waals surface area contributed by atoms with E-state index in [9.17, 15) is 8.42 Å². The first-order chi connectivity index (χ1) is 17.8. The lowest BCUT2D eigenvalue weighted by molar-refractivity contribution is -0.191. The van der Waals surface area contributed by atoms with Crippen LogP contribution in [0.1, 0.15) is 25.7 Å². The van der Waals surface area contributed by atoms with Crippen molar-refractivity contribution in [3.8, 4) is 22.5 Å². The zero-order valence-electron chi connectivity index (χ0n) is 19.8. The van der Waals surface area contributed by atoms with Gasteiger partial charge in [0.15, 0.2) is 5.95 Å². The van der Waals surface area contributed by atoms with Gasteiger partial charge in [-0.05, 0) is 55.6 Å². The molecule has 0 radical (unpaired) electrons. The Morgan fingerprint density at radius 2 is 1.84 bits per heavy atom. The number of thioether (sulfide) groups is 1. The molecule has 2 heterocycles. The van der Waals surface area contributed by atoms with Gasteiger partial charge in [0.25, 0.3) is 0 Å². The fourth-order valence-electron chi connectivity index (χ4n) is 4.57. The molecule has 0 saturated heterocycles. The van der Waals surface area contributed by atoms with E-state index in [-0.39, 0.29) is 28.1 Å². The fraction of sp³-hybridized carbons (Fsp3) is 0.318. The highest BCUT2D eigenvalue weighted by molar-refractivity contribution is 8.00. The van der Waals surface area contributed by atoms with Gasteiger partial charge in [0, 0.05) is 21.8 Å². The summed E-state index contributed by atoms with van der Waals surface area (Å²) in [7, 11) is -2.17. The van der Waals surface area contributed by atoms with Gasteiger partial charge in [0.05, 0.1) is 16.6 Å². The molecule has 4 aromatic rings. The number of nitrogens with zero attached hydrogens (tertiary/aromatic N) is 4. The summed E-state index contributed by atoms with van der Waals surface area (Å²) in [6.07, 6.45) is 4.28. The van der Waals surface area contributed by atoms with Crippen LogP contribution in [-0.2, 0) is 19.6 Å². The number of H-pyrrole nitrogens is 2. The van der Waals surface area contributed by atoms with Gasteiger partial charge in [-0.2, -0.15) is 14.8 Å². The number of para-hydroxylation sites is 1.